The summed E-state index contributed by atoms with van der Waals surface area (Å²) in [6.45, 7) is 4.50. The van der Waals surface area contributed by atoms with Crippen molar-refractivity contribution in [2.75, 3.05) is 18.4 Å². The van der Waals surface area contributed by atoms with Gasteiger partial charge in [-0.1, -0.05) is 26.3 Å². The summed E-state index contributed by atoms with van der Waals surface area (Å²) in [6.07, 6.45) is 5.60. The van der Waals surface area contributed by atoms with Gasteiger partial charge in [0.2, 0.25) is 15.9 Å². The number of amides is 1. The maximum absolute atomic E-state index is 12.6. The number of fused-ring (bicyclic) bond motifs is 2. The summed E-state index contributed by atoms with van der Waals surface area (Å²) in [5.74, 6) is 2.03. The van der Waals surface area contributed by atoms with Gasteiger partial charge in [-0.2, -0.15) is 4.31 Å². The molecule has 0 saturated heterocycles. The fourth-order valence-corrected chi connectivity index (χ4v) is 6.03. The second-order valence-electron chi connectivity index (χ2n) is 7.30. The Morgan fingerprint density at radius 1 is 1.20 bits per heavy atom. The number of hydrogen-bond acceptors (Lipinski definition) is 3. The lowest BCUT2D eigenvalue weighted by Gasteiger charge is -2.21. The largest absolute Gasteiger partial charge is 0.326 e. The number of benzene rings is 1. The van der Waals surface area contributed by atoms with Gasteiger partial charge in [0, 0.05) is 25.2 Å². The molecule has 2 aliphatic rings. The highest BCUT2D eigenvalue weighted by molar-refractivity contribution is 7.89. The summed E-state index contributed by atoms with van der Waals surface area (Å²) >= 11 is 0. The van der Waals surface area contributed by atoms with Gasteiger partial charge < -0.3 is 5.32 Å². The van der Waals surface area contributed by atoms with E-state index >= 15 is 0 Å². The second-order valence-corrected chi connectivity index (χ2v) is 9.24. The fraction of sp³-hybridized carbons (Fsp3) is 0.632. The maximum atomic E-state index is 12.6. The van der Waals surface area contributed by atoms with Crippen molar-refractivity contribution in [1.29, 1.82) is 0 Å². The van der Waals surface area contributed by atoms with Crippen LogP contribution < -0.4 is 5.32 Å². The minimum atomic E-state index is -3.51. The molecular weight excluding hydrogens is 336 g/mol. The van der Waals surface area contributed by atoms with Crippen molar-refractivity contribution < 1.29 is 13.2 Å². The predicted octanol–water partition coefficient (Wildman–Crippen LogP) is 3.48. The Labute approximate surface area is 150 Å². The van der Waals surface area contributed by atoms with E-state index in [1.807, 2.05) is 13.8 Å². The average molecular weight is 365 g/mol. The molecule has 2 fully saturated rings. The van der Waals surface area contributed by atoms with Crippen LogP contribution in [-0.4, -0.2) is 31.7 Å². The van der Waals surface area contributed by atoms with Crippen LogP contribution in [0.4, 0.5) is 5.69 Å². The lowest BCUT2D eigenvalue weighted by Crippen LogP contribution is -2.30. The standard InChI is InChI=1S/C19H28N2O3S/c1-3-21(4-2)25(23,24)18-7-5-6-17(13-18)20-19(22)12-16-11-14-8-9-15(16)10-14/h5-7,13-16H,3-4,8-12H2,1-2H3,(H,20,22)/t14-,15-,16+/m0/s1. The number of sulfonamides is 1. The molecule has 2 bridgehead atoms. The smallest absolute Gasteiger partial charge is 0.243 e. The average Bonchev–Trinajstić information content (AvgIpc) is 3.18. The van der Waals surface area contributed by atoms with E-state index in [4.69, 9.17) is 0 Å². The van der Waals surface area contributed by atoms with Crippen LogP contribution in [0, 0.1) is 17.8 Å². The Hall–Kier alpha value is -1.40. The van der Waals surface area contributed by atoms with Crippen LogP contribution in [0.15, 0.2) is 29.2 Å². The van der Waals surface area contributed by atoms with Crippen molar-refractivity contribution in [2.45, 2.75) is 50.8 Å². The molecule has 25 heavy (non-hydrogen) atoms. The monoisotopic (exact) mass is 364 g/mol. The molecule has 2 aliphatic carbocycles. The quantitative estimate of drug-likeness (QED) is 0.805. The number of rotatable bonds is 7. The molecule has 1 aromatic rings. The van der Waals surface area contributed by atoms with E-state index in [1.54, 1.807) is 24.3 Å². The number of anilines is 1. The summed E-state index contributed by atoms with van der Waals surface area (Å²) in [5.41, 5.74) is 0.557. The molecule has 1 amide bonds. The lowest BCUT2D eigenvalue weighted by atomic mass is 9.86. The van der Waals surface area contributed by atoms with E-state index in [2.05, 4.69) is 5.32 Å². The number of nitrogens with one attached hydrogen (secondary N) is 1. The van der Waals surface area contributed by atoms with Gasteiger partial charge in [0.25, 0.3) is 0 Å². The summed E-state index contributed by atoms with van der Waals surface area (Å²) in [5, 5.41) is 2.89. The third-order valence-electron chi connectivity index (χ3n) is 5.79. The Kier molecular flexibility index (Phi) is 5.49. The summed E-state index contributed by atoms with van der Waals surface area (Å²) in [7, 11) is -3.51. The molecule has 0 heterocycles. The topological polar surface area (TPSA) is 66.5 Å². The van der Waals surface area contributed by atoms with Gasteiger partial charge in [-0.25, -0.2) is 8.42 Å². The van der Waals surface area contributed by atoms with Crippen LogP contribution in [0.25, 0.3) is 0 Å². The van der Waals surface area contributed by atoms with E-state index < -0.39 is 10.0 Å². The van der Waals surface area contributed by atoms with Crippen molar-refractivity contribution in [3.05, 3.63) is 24.3 Å². The Morgan fingerprint density at radius 3 is 2.56 bits per heavy atom. The van der Waals surface area contributed by atoms with Gasteiger partial charge >= 0.3 is 0 Å². The fourth-order valence-electron chi connectivity index (χ4n) is 4.52. The second kappa shape index (κ2) is 7.46. The number of hydrogen-bond donors (Lipinski definition) is 1. The van der Waals surface area contributed by atoms with Crippen LogP contribution in [0.1, 0.15) is 46.0 Å². The Bertz CT molecular complexity index is 728. The third-order valence-corrected chi connectivity index (χ3v) is 7.84. The van der Waals surface area contributed by atoms with Crippen LogP contribution in [0.2, 0.25) is 0 Å². The van der Waals surface area contributed by atoms with Crippen LogP contribution >= 0.6 is 0 Å². The first-order valence-electron chi connectivity index (χ1n) is 9.34. The van der Waals surface area contributed by atoms with Gasteiger partial charge in [0.05, 0.1) is 4.90 Å². The van der Waals surface area contributed by atoms with Crippen LogP contribution in [0.5, 0.6) is 0 Å². The summed E-state index contributed by atoms with van der Waals surface area (Å²) in [6, 6.07) is 6.58. The molecule has 3 rings (SSSR count). The minimum absolute atomic E-state index is 0.00469. The van der Waals surface area contributed by atoms with Crippen molar-refractivity contribution in [2.24, 2.45) is 17.8 Å². The van der Waals surface area contributed by atoms with E-state index in [0.29, 0.717) is 37.0 Å². The van der Waals surface area contributed by atoms with Crippen molar-refractivity contribution in [3.8, 4) is 0 Å². The Balaban J connectivity index is 1.66. The molecule has 0 aromatic heterocycles. The van der Waals surface area contributed by atoms with Gasteiger partial charge in [0.15, 0.2) is 0 Å². The van der Waals surface area contributed by atoms with Gasteiger partial charge in [-0.3, -0.25) is 4.79 Å². The third kappa shape index (κ3) is 3.90. The van der Waals surface area contributed by atoms with E-state index in [0.717, 1.165) is 5.92 Å². The first-order valence-corrected chi connectivity index (χ1v) is 10.8. The number of carbonyl (C=O) groups excluding carboxylic acids is 1. The maximum Gasteiger partial charge on any atom is 0.243 e. The van der Waals surface area contributed by atoms with Crippen molar-refractivity contribution in [3.63, 3.8) is 0 Å². The molecular formula is C19H28N2O3S. The highest BCUT2D eigenvalue weighted by Gasteiger charge is 2.40. The number of nitrogens with zero attached hydrogens (tertiary/aromatic N) is 1. The van der Waals surface area contributed by atoms with Crippen LogP contribution in [0.3, 0.4) is 0 Å². The predicted molar refractivity (Wildman–Crippen MR) is 98.7 cm³/mol. The first-order chi connectivity index (χ1) is 11.9. The normalized spacial score (nSPS) is 25.5. The lowest BCUT2D eigenvalue weighted by molar-refractivity contribution is -0.117. The molecule has 138 valence electrons. The highest BCUT2D eigenvalue weighted by atomic mass is 32.2. The van der Waals surface area contributed by atoms with Gasteiger partial charge in [0.1, 0.15) is 0 Å². The highest BCUT2D eigenvalue weighted by Crippen LogP contribution is 2.49. The Morgan fingerprint density at radius 2 is 1.96 bits per heavy atom. The number of carbonyl (C=O) groups is 1. The molecule has 0 aliphatic heterocycles. The molecule has 6 heteroatoms. The molecule has 2 saturated carbocycles. The summed E-state index contributed by atoms with van der Waals surface area (Å²) < 4.78 is 26.6. The SMILES string of the molecule is CCN(CC)S(=O)(=O)c1cccc(NC(=O)C[C@H]2C[C@H]3CC[C@H]2C3)c1. The zero-order chi connectivity index (χ0) is 18.0. The molecule has 0 unspecified atom stereocenters. The molecule has 0 radical (unpaired) electrons. The molecule has 5 nitrogen and oxygen atoms in total. The zero-order valence-electron chi connectivity index (χ0n) is 15.1. The van der Waals surface area contributed by atoms with Gasteiger partial charge in [-0.15, -0.1) is 0 Å². The van der Waals surface area contributed by atoms with Crippen molar-refractivity contribution >= 4 is 21.6 Å². The first kappa shape index (κ1) is 18.4. The zero-order valence-corrected chi connectivity index (χ0v) is 15.9. The molecule has 1 aromatic carbocycles. The minimum Gasteiger partial charge on any atom is -0.326 e. The van der Waals surface area contributed by atoms with Gasteiger partial charge in [-0.05, 0) is 55.2 Å². The van der Waals surface area contributed by atoms with Crippen LogP contribution in [-0.2, 0) is 14.8 Å². The van der Waals surface area contributed by atoms with E-state index in [1.165, 1.54) is 30.0 Å². The molecule has 0 spiro atoms. The summed E-state index contributed by atoms with van der Waals surface area (Å²) in [4.78, 5) is 12.6. The molecule has 3 atom stereocenters. The van der Waals surface area contributed by atoms with E-state index in [9.17, 15) is 13.2 Å². The van der Waals surface area contributed by atoms with E-state index in [-0.39, 0.29) is 10.8 Å². The van der Waals surface area contributed by atoms with Crippen molar-refractivity contribution in [1.82, 2.24) is 4.31 Å². The molecule has 1 N–H and O–H groups in total.